The lowest BCUT2D eigenvalue weighted by Gasteiger charge is -2.23. The van der Waals surface area contributed by atoms with Gasteiger partial charge >= 0.3 is 0 Å². The maximum absolute atomic E-state index is 4.49. The highest BCUT2D eigenvalue weighted by molar-refractivity contribution is 5.97. The van der Waals surface area contributed by atoms with Crippen LogP contribution in [0.15, 0.2) is 29.3 Å². The fourth-order valence-electron chi connectivity index (χ4n) is 3.68. The van der Waals surface area contributed by atoms with E-state index in [1.807, 2.05) is 7.05 Å². The predicted molar refractivity (Wildman–Crippen MR) is 102 cm³/mol. The Morgan fingerprint density at radius 2 is 2.00 bits per heavy atom. The molecule has 0 bridgehead atoms. The number of hydrogen-bond donors (Lipinski definition) is 1. The Bertz CT molecular complexity index is 556. The van der Waals surface area contributed by atoms with Crippen LogP contribution < -0.4 is 10.2 Å². The summed E-state index contributed by atoms with van der Waals surface area (Å²) in [6.07, 6.45) is 3.56. The molecule has 0 spiro atoms. The molecule has 1 aromatic rings. The number of likely N-dealkylation sites (N-methyl/N-ethyl adjacent to an activating group) is 1. The van der Waals surface area contributed by atoms with E-state index in [0.717, 1.165) is 31.9 Å². The number of nitrogens with zero attached hydrogens (tertiary/aromatic N) is 4. The van der Waals surface area contributed by atoms with Crippen LogP contribution in [0.4, 0.5) is 5.69 Å². The first-order valence-electron chi connectivity index (χ1n) is 9.25. The van der Waals surface area contributed by atoms with Gasteiger partial charge in [0.2, 0.25) is 0 Å². The molecule has 2 aliphatic heterocycles. The number of anilines is 1. The van der Waals surface area contributed by atoms with Crippen LogP contribution >= 0.6 is 0 Å². The van der Waals surface area contributed by atoms with Crippen LogP contribution in [-0.4, -0.2) is 75.7 Å². The first kappa shape index (κ1) is 17.2. The van der Waals surface area contributed by atoms with Crippen molar-refractivity contribution >= 4 is 11.6 Å². The second-order valence-electron chi connectivity index (χ2n) is 6.86. The van der Waals surface area contributed by atoms with Gasteiger partial charge in [-0.15, -0.1) is 0 Å². The first-order chi connectivity index (χ1) is 11.8. The molecule has 2 heterocycles. The van der Waals surface area contributed by atoms with Crippen LogP contribution in [0.2, 0.25) is 0 Å². The molecule has 2 aliphatic rings. The molecule has 1 N–H and O–H groups in total. The highest BCUT2D eigenvalue weighted by atomic mass is 15.3. The lowest BCUT2D eigenvalue weighted by atomic mass is 10.2. The van der Waals surface area contributed by atoms with E-state index in [4.69, 9.17) is 0 Å². The Morgan fingerprint density at radius 3 is 2.88 bits per heavy atom. The Hall–Kier alpha value is -1.59. The van der Waals surface area contributed by atoms with Crippen LogP contribution in [0, 0.1) is 0 Å². The topological polar surface area (TPSA) is 34.1 Å². The zero-order chi connectivity index (χ0) is 16.8. The molecule has 132 valence electrons. The molecule has 0 saturated carbocycles. The SMILES string of the molecule is CN=C(NCCCN1CCCN(C)CC1)N1CCc2ccccc21. The van der Waals surface area contributed by atoms with Gasteiger partial charge in [0.1, 0.15) is 0 Å². The number of para-hydroxylation sites is 1. The van der Waals surface area contributed by atoms with E-state index >= 15 is 0 Å². The van der Waals surface area contributed by atoms with Crippen molar-refractivity contribution in [3.63, 3.8) is 0 Å². The summed E-state index contributed by atoms with van der Waals surface area (Å²) in [5, 5.41) is 3.56. The van der Waals surface area contributed by atoms with Crippen molar-refractivity contribution in [2.24, 2.45) is 4.99 Å². The number of benzene rings is 1. The van der Waals surface area contributed by atoms with Gasteiger partial charge in [0.15, 0.2) is 5.96 Å². The van der Waals surface area contributed by atoms with Gasteiger partial charge in [-0.3, -0.25) is 4.99 Å². The summed E-state index contributed by atoms with van der Waals surface area (Å²) < 4.78 is 0. The van der Waals surface area contributed by atoms with Crippen molar-refractivity contribution in [2.75, 3.05) is 64.8 Å². The Balaban J connectivity index is 1.44. The Labute approximate surface area is 146 Å². The first-order valence-corrected chi connectivity index (χ1v) is 9.25. The highest BCUT2D eigenvalue weighted by Crippen LogP contribution is 2.27. The lowest BCUT2D eigenvalue weighted by Crippen LogP contribution is -2.41. The zero-order valence-electron chi connectivity index (χ0n) is 15.2. The number of guanidine groups is 1. The second-order valence-corrected chi connectivity index (χ2v) is 6.86. The summed E-state index contributed by atoms with van der Waals surface area (Å²) in [7, 11) is 4.11. The number of nitrogens with one attached hydrogen (secondary N) is 1. The molecule has 0 unspecified atom stereocenters. The average Bonchev–Trinajstić information content (AvgIpc) is 2.92. The van der Waals surface area contributed by atoms with Gasteiger partial charge < -0.3 is 20.0 Å². The molecule has 0 aromatic heterocycles. The quantitative estimate of drug-likeness (QED) is 0.517. The van der Waals surface area contributed by atoms with Crippen LogP contribution in [-0.2, 0) is 6.42 Å². The van der Waals surface area contributed by atoms with Gasteiger partial charge in [-0.25, -0.2) is 0 Å². The van der Waals surface area contributed by atoms with E-state index in [1.165, 1.54) is 50.4 Å². The minimum absolute atomic E-state index is 0.984. The summed E-state index contributed by atoms with van der Waals surface area (Å²) in [6.45, 7) is 8.04. The average molecular weight is 329 g/mol. The standard InChI is InChI=1S/C19H31N5/c1-20-19(24-14-9-17-7-3-4-8-18(17)24)21-10-5-12-23-13-6-11-22(2)15-16-23/h3-4,7-8H,5-6,9-16H2,1-2H3,(H,20,21). The maximum Gasteiger partial charge on any atom is 0.198 e. The van der Waals surface area contributed by atoms with E-state index in [9.17, 15) is 0 Å². The summed E-state index contributed by atoms with van der Waals surface area (Å²) in [6, 6.07) is 8.65. The molecular weight excluding hydrogens is 298 g/mol. The third-order valence-electron chi connectivity index (χ3n) is 5.10. The molecule has 3 rings (SSSR count). The Morgan fingerprint density at radius 1 is 1.12 bits per heavy atom. The van der Waals surface area contributed by atoms with Gasteiger partial charge in [0.25, 0.3) is 0 Å². The van der Waals surface area contributed by atoms with E-state index in [-0.39, 0.29) is 0 Å². The fraction of sp³-hybridized carbons (Fsp3) is 0.632. The molecule has 0 atom stereocenters. The van der Waals surface area contributed by atoms with Crippen molar-refractivity contribution in [1.29, 1.82) is 0 Å². The van der Waals surface area contributed by atoms with Crippen molar-refractivity contribution < 1.29 is 0 Å². The molecular formula is C19H31N5. The minimum Gasteiger partial charge on any atom is -0.356 e. The highest BCUT2D eigenvalue weighted by Gasteiger charge is 2.22. The third-order valence-corrected chi connectivity index (χ3v) is 5.10. The number of aliphatic imine (C=N–C) groups is 1. The maximum atomic E-state index is 4.49. The van der Waals surface area contributed by atoms with Gasteiger partial charge in [0.05, 0.1) is 0 Å². The zero-order valence-corrected chi connectivity index (χ0v) is 15.2. The molecule has 24 heavy (non-hydrogen) atoms. The van der Waals surface area contributed by atoms with E-state index in [0.29, 0.717) is 0 Å². The fourth-order valence-corrected chi connectivity index (χ4v) is 3.68. The largest absolute Gasteiger partial charge is 0.356 e. The van der Waals surface area contributed by atoms with Crippen LogP contribution in [0.5, 0.6) is 0 Å². The van der Waals surface area contributed by atoms with Gasteiger partial charge in [-0.2, -0.15) is 0 Å². The second kappa shape index (κ2) is 8.49. The normalized spacial score (nSPS) is 20.1. The summed E-state index contributed by atoms with van der Waals surface area (Å²) in [4.78, 5) is 11.8. The van der Waals surface area contributed by atoms with Crippen LogP contribution in [0.1, 0.15) is 18.4 Å². The predicted octanol–water partition coefficient (Wildman–Crippen LogP) is 1.65. The number of hydrogen-bond acceptors (Lipinski definition) is 3. The van der Waals surface area contributed by atoms with Crippen LogP contribution in [0.3, 0.4) is 0 Å². The van der Waals surface area contributed by atoms with E-state index in [1.54, 1.807) is 0 Å². The molecule has 1 saturated heterocycles. The molecule has 1 fully saturated rings. The van der Waals surface area contributed by atoms with Gasteiger partial charge in [-0.1, -0.05) is 18.2 Å². The van der Waals surface area contributed by atoms with E-state index < -0.39 is 0 Å². The smallest absolute Gasteiger partial charge is 0.198 e. The molecule has 0 aliphatic carbocycles. The third kappa shape index (κ3) is 4.28. The molecule has 1 aromatic carbocycles. The van der Waals surface area contributed by atoms with Gasteiger partial charge in [0, 0.05) is 38.9 Å². The molecule has 5 heteroatoms. The van der Waals surface area contributed by atoms with Crippen LogP contribution in [0.25, 0.3) is 0 Å². The number of fused-ring (bicyclic) bond motifs is 1. The van der Waals surface area contributed by atoms with Crippen molar-refractivity contribution in [3.05, 3.63) is 29.8 Å². The summed E-state index contributed by atoms with van der Waals surface area (Å²) in [5.74, 6) is 1.01. The van der Waals surface area contributed by atoms with Gasteiger partial charge in [-0.05, 0) is 57.6 Å². The van der Waals surface area contributed by atoms with Crippen molar-refractivity contribution in [3.8, 4) is 0 Å². The molecule has 5 nitrogen and oxygen atoms in total. The molecule has 0 amide bonds. The summed E-state index contributed by atoms with van der Waals surface area (Å²) >= 11 is 0. The van der Waals surface area contributed by atoms with E-state index in [2.05, 4.69) is 56.3 Å². The lowest BCUT2D eigenvalue weighted by molar-refractivity contribution is 0.274. The number of rotatable bonds is 4. The Kier molecular flexibility index (Phi) is 6.10. The molecule has 0 radical (unpaired) electrons. The summed E-state index contributed by atoms with van der Waals surface area (Å²) in [5.41, 5.74) is 2.73. The van der Waals surface area contributed by atoms with Crippen molar-refractivity contribution in [2.45, 2.75) is 19.3 Å². The minimum atomic E-state index is 0.984. The van der Waals surface area contributed by atoms with Crippen molar-refractivity contribution in [1.82, 2.24) is 15.1 Å². The monoisotopic (exact) mass is 329 g/mol.